The average Bonchev–Trinajstić information content (AvgIpc) is 3.01. The summed E-state index contributed by atoms with van der Waals surface area (Å²) in [5.41, 5.74) is 7.46. The van der Waals surface area contributed by atoms with Gasteiger partial charge in [0, 0.05) is 18.2 Å². The number of nitrogens with one attached hydrogen (secondary N) is 1. The third-order valence-electron chi connectivity index (χ3n) is 5.11. The Morgan fingerprint density at radius 2 is 1.96 bits per heavy atom. The quantitative estimate of drug-likeness (QED) is 0.791. The first-order chi connectivity index (χ1) is 13.3. The van der Waals surface area contributed by atoms with Crippen molar-refractivity contribution in [2.75, 3.05) is 6.54 Å². The standard InChI is InChI=1S/C18H18Cl2FN5O2/c19-12-2-1-9(5-13(12)20)16-15(17(22)27)14-8-25(3-4-26(14)24-16)18(28)23-11-6-10(21)7-11/h1-2,5,10-11H,3-4,6-8H2,(H2,22,27)(H,23,28)/t10-,11-. The minimum absolute atomic E-state index is 0.142. The summed E-state index contributed by atoms with van der Waals surface area (Å²) >= 11 is 12.1. The van der Waals surface area contributed by atoms with Crippen molar-refractivity contribution in [3.63, 3.8) is 0 Å². The van der Waals surface area contributed by atoms with Crippen LogP contribution in [0, 0.1) is 0 Å². The topological polar surface area (TPSA) is 93.2 Å². The minimum atomic E-state index is -0.844. The molecule has 2 heterocycles. The molecule has 28 heavy (non-hydrogen) atoms. The van der Waals surface area contributed by atoms with Crippen LogP contribution in [0.4, 0.5) is 9.18 Å². The molecule has 2 aromatic rings. The second-order valence-electron chi connectivity index (χ2n) is 7.02. The number of carbonyl (C=O) groups is 2. The van der Waals surface area contributed by atoms with Crippen molar-refractivity contribution in [1.82, 2.24) is 20.0 Å². The first kappa shape index (κ1) is 19.0. The number of halogens is 3. The highest BCUT2D eigenvalue weighted by atomic mass is 35.5. The van der Waals surface area contributed by atoms with Gasteiger partial charge in [0.2, 0.25) is 0 Å². The molecule has 148 valence electrons. The van der Waals surface area contributed by atoms with Gasteiger partial charge in [-0.3, -0.25) is 9.48 Å². The van der Waals surface area contributed by atoms with Crippen molar-refractivity contribution < 1.29 is 14.0 Å². The Labute approximate surface area is 170 Å². The van der Waals surface area contributed by atoms with Gasteiger partial charge in [-0.1, -0.05) is 29.3 Å². The summed E-state index contributed by atoms with van der Waals surface area (Å²) in [4.78, 5) is 26.2. The predicted molar refractivity (Wildman–Crippen MR) is 103 cm³/mol. The van der Waals surface area contributed by atoms with Crippen LogP contribution >= 0.6 is 23.2 Å². The second kappa shape index (κ2) is 7.25. The minimum Gasteiger partial charge on any atom is -0.365 e. The van der Waals surface area contributed by atoms with Crippen LogP contribution in [0.1, 0.15) is 28.9 Å². The molecular formula is C18H18Cl2FN5O2. The highest BCUT2D eigenvalue weighted by Gasteiger charge is 2.34. The third-order valence-corrected chi connectivity index (χ3v) is 5.85. The number of primary amides is 1. The molecule has 0 unspecified atom stereocenters. The summed E-state index contributed by atoms with van der Waals surface area (Å²) in [6.45, 7) is 1.02. The number of amides is 3. The Kier molecular flexibility index (Phi) is 4.93. The first-order valence-electron chi connectivity index (χ1n) is 8.88. The fourth-order valence-corrected chi connectivity index (χ4v) is 3.83. The van der Waals surface area contributed by atoms with Gasteiger partial charge in [-0.25, -0.2) is 9.18 Å². The molecule has 0 spiro atoms. The predicted octanol–water partition coefficient (Wildman–Crippen LogP) is 2.98. The Bertz CT molecular complexity index is 958. The van der Waals surface area contributed by atoms with Crippen LogP contribution in [0.5, 0.6) is 0 Å². The van der Waals surface area contributed by atoms with E-state index >= 15 is 0 Å². The fraction of sp³-hybridized carbons (Fsp3) is 0.389. The summed E-state index contributed by atoms with van der Waals surface area (Å²) in [7, 11) is 0. The number of alkyl halides is 1. The van der Waals surface area contributed by atoms with Gasteiger partial charge in [-0.05, 0) is 25.0 Å². The molecule has 1 fully saturated rings. The molecule has 10 heteroatoms. The Hall–Kier alpha value is -2.32. The number of hydrogen-bond donors (Lipinski definition) is 2. The van der Waals surface area contributed by atoms with Crippen LogP contribution in [-0.4, -0.2) is 45.4 Å². The summed E-state index contributed by atoms with van der Waals surface area (Å²) < 4.78 is 14.7. The lowest BCUT2D eigenvalue weighted by molar-refractivity contribution is 0.0996. The number of aromatic nitrogens is 2. The lowest BCUT2D eigenvalue weighted by atomic mass is 9.91. The fourth-order valence-electron chi connectivity index (χ4n) is 3.53. The van der Waals surface area contributed by atoms with Crippen molar-refractivity contribution in [3.05, 3.63) is 39.5 Å². The average molecular weight is 426 g/mol. The number of carbonyl (C=O) groups excluding carboxylic acids is 2. The van der Waals surface area contributed by atoms with E-state index in [-0.39, 0.29) is 24.2 Å². The molecule has 1 saturated carbocycles. The van der Waals surface area contributed by atoms with Gasteiger partial charge in [-0.2, -0.15) is 5.10 Å². The van der Waals surface area contributed by atoms with E-state index in [0.717, 1.165) is 0 Å². The highest BCUT2D eigenvalue weighted by Crippen LogP contribution is 2.32. The van der Waals surface area contributed by atoms with Gasteiger partial charge in [0.15, 0.2) is 0 Å². The zero-order chi connectivity index (χ0) is 20.0. The maximum Gasteiger partial charge on any atom is 0.318 e. The summed E-state index contributed by atoms with van der Waals surface area (Å²) in [5, 5.41) is 8.06. The molecule has 1 aromatic heterocycles. The maximum absolute atomic E-state index is 13.0. The largest absolute Gasteiger partial charge is 0.365 e. The van der Waals surface area contributed by atoms with Crippen molar-refractivity contribution in [1.29, 1.82) is 0 Å². The Morgan fingerprint density at radius 3 is 2.61 bits per heavy atom. The van der Waals surface area contributed by atoms with Gasteiger partial charge < -0.3 is 16.0 Å². The highest BCUT2D eigenvalue weighted by molar-refractivity contribution is 6.42. The van der Waals surface area contributed by atoms with E-state index in [1.54, 1.807) is 27.8 Å². The normalized spacial score (nSPS) is 21.0. The molecule has 2 aliphatic rings. The van der Waals surface area contributed by atoms with E-state index in [1.807, 2.05) is 0 Å². The zero-order valence-electron chi connectivity index (χ0n) is 14.8. The number of benzene rings is 1. The first-order valence-corrected chi connectivity index (χ1v) is 9.63. The second-order valence-corrected chi connectivity index (χ2v) is 7.84. The van der Waals surface area contributed by atoms with Gasteiger partial charge in [0.1, 0.15) is 11.9 Å². The van der Waals surface area contributed by atoms with Crippen LogP contribution in [-0.2, 0) is 13.1 Å². The monoisotopic (exact) mass is 425 g/mol. The lowest BCUT2D eigenvalue weighted by Crippen LogP contribution is -2.52. The Morgan fingerprint density at radius 1 is 1.21 bits per heavy atom. The van der Waals surface area contributed by atoms with Crippen LogP contribution in [0.25, 0.3) is 11.3 Å². The molecule has 4 rings (SSSR count). The van der Waals surface area contributed by atoms with E-state index in [0.29, 0.717) is 52.9 Å². The molecule has 3 N–H and O–H groups in total. The van der Waals surface area contributed by atoms with E-state index in [4.69, 9.17) is 28.9 Å². The number of rotatable bonds is 3. The molecule has 0 saturated heterocycles. The van der Waals surface area contributed by atoms with Crippen molar-refractivity contribution in [2.24, 2.45) is 5.73 Å². The Balaban J connectivity index is 1.62. The van der Waals surface area contributed by atoms with E-state index in [1.165, 1.54) is 0 Å². The van der Waals surface area contributed by atoms with Crippen LogP contribution in [0.3, 0.4) is 0 Å². The molecule has 3 amide bonds. The van der Waals surface area contributed by atoms with Gasteiger partial charge >= 0.3 is 6.03 Å². The van der Waals surface area contributed by atoms with Crippen molar-refractivity contribution >= 4 is 35.1 Å². The molecule has 7 nitrogen and oxygen atoms in total. The maximum atomic E-state index is 13.0. The number of nitrogens with zero attached hydrogens (tertiary/aromatic N) is 3. The number of nitrogens with two attached hydrogens (primary N) is 1. The third kappa shape index (κ3) is 3.42. The molecule has 1 aromatic carbocycles. The summed E-state index contributed by atoms with van der Waals surface area (Å²) in [6, 6.07) is 4.54. The van der Waals surface area contributed by atoms with Crippen LogP contribution in [0.2, 0.25) is 10.0 Å². The van der Waals surface area contributed by atoms with Crippen molar-refractivity contribution in [3.8, 4) is 11.3 Å². The van der Waals surface area contributed by atoms with E-state index < -0.39 is 12.1 Å². The molecule has 0 atom stereocenters. The molecule has 0 bridgehead atoms. The van der Waals surface area contributed by atoms with E-state index in [9.17, 15) is 14.0 Å². The number of hydrogen-bond acceptors (Lipinski definition) is 3. The van der Waals surface area contributed by atoms with Crippen LogP contribution in [0.15, 0.2) is 18.2 Å². The van der Waals surface area contributed by atoms with Gasteiger partial charge in [-0.15, -0.1) is 0 Å². The summed E-state index contributed by atoms with van der Waals surface area (Å²) in [6.07, 6.45) is -0.167. The van der Waals surface area contributed by atoms with Crippen molar-refractivity contribution in [2.45, 2.75) is 38.1 Å². The van der Waals surface area contributed by atoms with Gasteiger partial charge in [0.25, 0.3) is 5.91 Å². The summed E-state index contributed by atoms with van der Waals surface area (Å²) in [5.74, 6) is -0.635. The SMILES string of the molecule is NC(=O)c1c(-c2ccc(Cl)c(Cl)c2)nn2c1CN(C(=O)N[C@H]1C[C@H](F)C1)CC2. The molecular weight excluding hydrogens is 408 g/mol. The number of fused-ring (bicyclic) bond motifs is 1. The van der Waals surface area contributed by atoms with E-state index in [2.05, 4.69) is 10.4 Å². The van der Waals surface area contributed by atoms with Gasteiger partial charge in [0.05, 0.1) is 34.4 Å². The molecule has 0 radical (unpaired) electrons. The molecule has 1 aliphatic heterocycles. The van der Waals surface area contributed by atoms with Crippen LogP contribution < -0.4 is 11.1 Å². The smallest absolute Gasteiger partial charge is 0.318 e. The zero-order valence-corrected chi connectivity index (χ0v) is 16.3. The molecule has 1 aliphatic carbocycles. The number of urea groups is 1. The lowest BCUT2D eigenvalue weighted by Gasteiger charge is -2.34.